The Morgan fingerprint density at radius 1 is 1.24 bits per heavy atom. The van der Waals surface area contributed by atoms with E-state index in [4.69, 9.17) is 4.74 Å². The first kappa shape index (κ1) is 19.8. The third-order valence-corrected chi connectivity index (χ3v) is 4.61. The molecule has 2 N–H and O–H groups in total. The summed E-state index contributed by atoms with van der Waals surface area (Å²) in [5, 5.41) is 14.2. The molecule has 0 spiro atoms. The molecule has 0 aromatic heterocycles. The molecule has 10 heteroatoms. The van der Waals surface area contributed by atoms with E-state index in [-0.39, 0.29) is 17.7 Å². The largest absolute Gasteiger partial charge is 0.497 e. The number of carbonyl (C=O) groups is 3. The van der Waals surface area contributed by atoms with Crippen molar-refractivity contribution in [2.24, 2.45) is 0 Å². The van der Waals surface area contributed by atoms with Crippen LogP contribution in [0, 0.1) is 10.1 Å². The van der Waals surface area contributed by atoms with E-state index in [0.29, 0.717) is 16.3 Å². The predicted octanol–water partition coefficient (Wildman–Crippen LogP) is 1.64. The van der Waals surface area contributed by atoms with Gasteiger partial charge in [-0.3, -0.25) is 25.1 Å². The number of hydrogen-bond donors (Lipinski definition) is 2. The van der Waals surface area contributed by atoms with Crippen LogP contribution < -0.4 is 15.5 Å². The molecule has 10 nitrogen and oxygen atoms in total. The summed E-state index contributed by atoms with van der Waals surface area (Å²) >= 11 is 0. The van der Waals surface area contributed by atoms with Crippen LogP contribution in [0.15, 0.2) is 48.5 Å². The Morgan fingerprint density at radius 2 is 1.97 bits per heavy atom. The van der Waals surface area contributed by atoms with Crippen LogP contribution in [-0.2, 0) is 21.5 Å². The van der Waals surface area contributed by atoms with E-state index >= 15 is 0 Å². The van der Waals surface area contributed by atoms with E-state index in [2.05, 4.69) is 10.7 Å². The van der Waals surface area contributed by atoms with Crippen molar-refractivity contribution in [1.82, 2.24) is 15.8 Å². The maximum atomic E-state index is 12.9. The quantitative estimate of drug-likeness (QED) is 0.432. The van der Waals surface area contributed by atoms with Gasteiger partial charge < -0.3 is 10.1 Å². The fourth-order valence-corrected chi connectivity index (χ4v) is 3.05. The van der Waals surface area contributed by atoms with Gasteiger partial charge in [0.2, 0.25) is 5.91 Å². The van der Waals surface area contributed by atoms with Crippen LogP contribution in [0.25, 0.3) is 0 Å². The van der Waals surface area contributed by atoms with Crippen molar-refractivity contribution in [3.8, 4) is 5.75 Å². The van der Waals surface area contributed by atoms with Crippen molar-refractivity contribution in [3.63, 3.8) is 0 Å². The lowest BCUT2D eigenvalue weighted by Gasteiger charge is -2.22. The summed E-state index contributed by atoms with van der Waals surface area (Å²) in [4.78, 5) is 48.0. The molecule has 150 valence electrons. The first-order valence-corrected chi connectivity index (χ1v) is 8.59. The predicted molar refractivity (Wildman–Crippen MR) is 101 cm³/mol. The fourth-order valence-electron chi connectivity index (χ4n) is 3.05. The molecule has 2 aromatic rings. The van der Waals surface area contributed by atoms with Gasteiger partial charge in [-0.25, -0.2) is 4.79 Å². The summed E-state index contributed by atoms with van der Waals surface area (Å²) in [7, 11) is 1.48. The average Bonchev–Trinajstić information content (AvgIpc) is 2.92. The van der Waals surface area contributed by atoms with Gasteiger partial charge in [0.05, 0.1) is 18.5 Å². The van der Waals surface area contributed by atoms with Gasteiger partial charge in [-0.15, -0.1) is 0 Å². The lowest BCUT2D eigenvalue weighted by Crippen LogP contribution is -2.48. The SMILES string of the molecule is COc1cccc([C@]2(C)NC(=O)N(NC(=O)Cc3ccccc3[N+](=O)[O-])C2=O)c1. The van der Waals surface area contributed by atoms with E-state index in [9.17, 15) is 24.5 Å². The maximum Gasteiger partial charge on any atom is 0.344 e. The number of nitro groups is 1. The van der Waals surface area contributed by atoms with Gasteiger partial charge in [0.1, 0.15) is 11.3 Å². The van der Waals surface area contributed by atoms with Crippen molar-refractivity contribution in [2.45, 2.75) is 18.9 Å². The minimum atomic E-state index is -1.41. The van der Waals surface area contributed by atoms with Crippen molar-refractivity contribution < 1.29 is 24.0 Å². The molecule has 0 radical (unpaired) electrons. The Labute approximate surface area is 165 Å². The second kappa shape index (κ2) is 7.58. The van der Waals surface area contributed by atoms with Crippen molar-refractivity contribution in [2.75, 3.05) is 7.11 Å². The van der Waals surface area contributed by atoms with Crippen LogP contribution in [0.3, 0.4) is 0 Å². The molecule has 0 bridgehead atoms. The summed E-state index contributed by atoms with van der Waals surface area (Å²) < 4.78 is 5.15. The van der Waals surface area contributed by atoms with Crippen LogP contribution in [-0.4, -0.2) is 34.9 Å². The van der Waals surface area contributed by atoms with Gasteiger partial charge in [-0.05, 0) is 24.6 Å². The third kappa shape index (κ3) is 3.72. The number of amides is 4. The highest BCUT2D eigenvalue weighted by Crippen LogP contribution is 2.30. The number of imide groups is 1. The highest BCUT2D eigenvalue weighted by molar-refractivity contribution is 6.08. The van der Waals surface area contributed by atoms with Gasteiger partial charge in [-0.2, -0.15) is 5.01 Å². The molecule has 1 atom stereocenters. The minimum absolute atomic E-state index is 0.164. The molecule has 1 aliphatic heterocycles. The summed E-state index contributed by atoms with van der Waals surface area (Å²) in [5.41, 5.74) is 1.24. The van der Waals surface area contributed by atoms with E-state index in [1.807, 2.05) is 0 Å². The number of rotatable bonds is 6. The molecule has 0 saturated carbocycles. The van der Waals surface area contributed by atoms with E-state index in [0.717, 1.165) is 0 Å². The third-order valence-electron chi connectivity index (χ3n) is 4.61. The summed E-state index contributed by atoms with van der Waals surface area (Å²) in [6, 6.07) is 11.6. The van der Waals surface area contributed by atoms with Crippen molar-refractivity contribution in [3.05, 3.63) is 69.8 Å². The average molecular weight is 398 g/mol. The van der Waals surface area contributed by atoms with Gasteiger partial charge in [-0.1, -0.05) is 30.3 Å². The number of hydrazine groups is 1. The molecule has 2 aromatic carbocycles. The Morgan fingerprint density at radius 3 is 2.66 bits per heavy atom. The molecule has 1 fully saturated rings. The molecule has 0 unspecified atom stereocenters. The van der Waals surface area contributed by atoms with Crippen LogP contribution in [0.4, 0.5) is 10.5 Å². The van der Waals surface area contributed by atoms with Gasteiger partial charge in [0.15, 0.2) is 0 Å². The Balaban J connectivity index is 1.78. The highest BCUT2D eigenvalue weighted by Gasteiger charge is 2.50. The minimum Gasteiger partial charge on any atom is -0.497 e. The molecule has 1 saturated heterocycles. The fraction of sp³-hybridized carbons (Fsp3) is 0.211. The van der Waals surface area contributed by atoms with Gasteiger partial charge >= 0.3 is 6.03 Å². The molecule has 4 amide bonds. The van der Waals surface area contributed by atoms with Crippen molar-refractivity contribution >= 4 is 23.5 Å². The number of benzene rings is 2. The zero-order valence-corrected chi connectivity index (χ0v) is 15.7. The molecule has 0 aliphatic carbocycles. The number of para-hydroxylation sites is 1. The maximum absolute atomic E-state index is 12.9. The summed E-state index contributed by atoms with van der Waals surface area (Å²) in [5.74, 6) is -0.922. The number of nitro benzene ring substituents is 1. The lowest BCUT2D eigenvalue weighted by molar-refractivity contribution is -0.385. The zero-order chi connectivity index (χ0) is 21.2. The second-order valence-corrected chi connectivity index (χ2v) is 6.53. The number of nitrogens with zero attached hydrogens (tertiary/aromatic N) is 2. The topological polar surface area (TPSA) is 131 Å². The standard InChI is InChI=1S/C19H18N4O6/c1-19(13-7-5-8-14(11-13)29-2)17(25)22(18(26)20-19)21-16(24)10-12-6-3-4-9-15(12)23(27)28/h3-9,11H,10H2,1-2H3,(H,20,26)(H,21,24)/t19-/m0/s1. The summed E-state index contributed by atoms with van der Waals surface area (Å²) in [6.07, 6.45) is -0.371. The lowest BCUT2D eigenvalue weighted by atomic mass is 9.92. The van der Waals surface area contributed by atoms with Gasteiger partial charge in [0, 0.05) is 11.6 Å². The van der Waals surface area contributed by atoms with E-state index in [1.54, 1.807) is 30.3 Å². The number of ether oxygens (including phenoxy) is 1. The Bertz CT molecular complexity index is 1010. The van der Waals surface area contributed by atoms with Gasteiger partial charge in [0.25, 0.3) is 11.6 Å². The monoisotopic (exact) mass is 398 g/mol. The van der Waals surface area contributed by atoms with E-state index < -0.39 is 28.3 Å². The molecule has 29 heavy (non-hydrogen) atoms. The van der Waals surface area contributed by atoms with Crippen LogP contribution in [0.1, 0.15) is 18.1 Å². The number of hydrogen-bond acceptors (Lipinski definition) is 6. The first-order chi connectivity index (χ1) is 13.8. The smallest absolute Gasteiger partial charge is 0.344 e. The molecular formula is C19H18N4O6. The molecular weight excluding hydrogens is 380 g/mol. The van der Waals surface area contributed by atoms with Crippen LogP contribution in [0.2, 0.25) is 0 Å². The normalized spacial score (nSPS) is 18.3. The first-order valence-electron chi connectivity index (χ1n) is 8.59. The molecule has 1 heterocycles. The van der Waals surface area contributed by atoms with E-state index in [1.165, 1.54) is 32.2 Å². The Kier molecular flexibility index (Phi) is 5.18. The van der Waals surface area contributed by atoms with Crippen molar-refractivity contribution in [1.29, 1.82) is 0 Å². The Hall–Kier alpha value is -3.95. The highest BCUT2D eigenvalue weighted by atomic mass is 16.6. The molecule has 1 aliphatic rings. The molecule has 3 rings (SSSR count). The van der Waals surface area contributed by atoms with Crippen LogP contribution >= 0.6 is 0 Å². The van der Waals surface area contributed by atoms with Crippen LogP contribution in [0.5, 0.6) is 5.75 Å². The second-order valence-electron chi connectivity index (χ2n) is 6.53. The number of carbonyl (C=O) groups excluding carboxylic acids is 3. The summed E-state index contributed by atoms with van der Waals surface area (Å²) in [6.45, 7) is 1.51. The number of methoxy groups -OCH3 is 1. The number of nitrogens with one attached hydrogen (secondary N) is 2. The number of urea groups is 1. The zero-order valence-electron chi connectivity index (χ0n) is 15.7.